The molecule has 0 radical (unpaired) electrons. The molecule has 0 spiro atoms. The van der Waals surface area contributed by atoms with E-state index >= 15 is 0 Å². The van der Waals surface area contributed by atoms with Crippen LogP contribution in [0, 0.1) is 5.82 Å². The number of benzene rings is 1. The van der Waals surface area contributed by atoms with Crippen LogP contribution in [-0.2, 0) is 12.8 Å². The monoisotopic (exact) mass is 409 g/mol. The van der Waals surface area contributed by atoms with Crippen molar-refractivity contribution in [2.75, 3.05) is 12.3 Å². The molecule has 0 unspecified atom stereocenters. The quantitative estimate of drug-likeness (QED) is 0.389. The number of hydrogen-bond acceptors (Lipinski definition) is 4. The number of nitrogens with one attached hydrogen (secondary N) is 1. The number of thioether (sulfide) groups is 1. The molecule has 0 aliphatic heterocycles. The maximum Gasteiger partial charge on any atom is 0.254 e. The molecule has 1 aromatic carbocycles. The van der Waals surface area contributed by atoms with Crippen molar-refractivity contribution >= 4 is 17.7 Å². The number of nitrogens with zero attached hydrogens (tertiary/aromatic N) is 2. The first-order valence-corrected chi connectivity index (χ1v) is 10.7. The number of carbonyl (C=O) groups excluding carboxylic acids is 1. The summed E-state index contributed by atoms with van der Waals surface area (Å²) in [7, 11) is 0. The SMILES string of the molecule is O=C(NCCCc1cccnc1)c1cccnc1SCCCc1ccc(F)cc1. The van der Waals surface area contributed by atoms with Crippen LogP contribution in [0.1, 0.15) is 34.3 Å². The van der Waals surface area contributed by atoms with Crippen LogP contribution in [0.15, 0.2) is 72.1 Å². The van der Waals surface area contributed by atoms with Crippen LogP contribution in [0.25, 0.3) is 0 Å². The molecule has 3 rings (SSSR count). The Labute approximate surface area is 175 Å². The fourth-order valence-corrected chi connectivity index (χ4v) is 3.84. The zero-order valence-corrected chi connectivity index (χ0v) is 17.0. The molecule has 150 valence electrons. The molecule has 0 fully saturated rings. The molecule has 2 aromatic heterocycles. The average molecular weight is 410 g/mol. The summed E-state index contributed by atoms with van der Waals surface area (Å²) in [6.45, 7) is 0.608. The fourth-order valence-electron chi connectivity index (χ4n) is 2.91. The van der Waals surface area contributed by atoms with E-state index in [0.29, 0.717) is 12.1 Å². The summed E-state index contributed by atoms with van der Waals surface area (Å²) < 4.78 is 13.0. The van der Waals surface area contributed by atoms with Crippen LogP contribution in [0.2, 0.25) is 0 Å². The van der Waals surface area contributed by atoms with Crippen LogP contribution in [0.4, 0.5) is 4.39 Å². The highest BCUT2D eigenvalue weighted by Crippen LogP contribution is 2.21. The summed E-state index contributed by atoms with van der Waals surface area (Å²) in [5, 5.41) is 3.73. The molecule has 0 atom stereocenters. The van der Waals surface area contributed by atoms with Gasteiger partial charge in [-0.2, -0.15) is 0 Å². The van der Waals surface area contributed by atoms with E-state index in [4.69, 9.17) is 0 Å². The minimum atomic E-state index is -0.215. The summed E-state index contributed by atoms with van der Waals surface area (Å²) in [6, 6.07) is 14.1. The zero-order chi connectivity index (χ0) is 20.3. The maximum atomic E-state index is 13.0. The Morgan fingerprint density at radius 2 is 1.76 bits per heavy atom. The smallest absolute Gasteiger partial charge is 0.254 e. The number of rotatable bonds is 10. The van der Waals surface area contributed by atoms with Crippen LogP contribution < -0.4 is 5.32 Å². The van der Waals surface area contributed by atoms with Crippen LogP contribution in [-0.4, -0.2) is 28.2 Å². The van der Waals surface area contributed by atoms with Gasteiger partial charge in [-0.15, -0.1) is 11.8 Å². The van der Waals surface area contributed by atoms with Crippen LogP contribution in [0.5, 0.6) is 0 Å². The third-order valence-electron chi connectivity index (χ3n) is 4.43. The lowest BCUT2D eigenvalue weighted by Crippen LogP contribution is -2.25. The molecular weight excluding hydrogens is 385 g/mol. The third-order valence-corrected chi connectivity index (χ3v) is 5.52. The number of aryl methyl sites for hydroxylation is 2. The van der Waals surface area contributed by atoms with Crippen molar-refractivity contribution in [1.82, 2.24) is 15.3 Å². The van der Waals surface area contributed by atoms with E-state index in [-0.39, 0.29) is 11.7 Å². The first kappa shape index (κ1) is 21.0. The lowest BCUT2D eigenvalue weighted by atomic mass is 10.1. The molecule has 3 aromatic rings. The largest absolute Gasteiger partial charge is 0.352 e. The Balaban J connectivity index is 1.43. The van der Waals surface area contributed by atoms with Gasteiger partial charge in [-0.1, -0.05) is 18.2 Å². The minimum absolute atomic E-state index is 0.0923. The predicted octanol–water partition coefficient (Wildman–Crippen LogP) is 4.70. The second-order valence-electron chi connectivity index (χ2n) is 6.66. The predicted molar refractivity (Wildman–Crippen MR) is 115 cm³/mol. The lowest BCUT2D eigenvalue weighted by Gasteiger charge is -2.09. The van der Waals surface area contributed by atoms with E-state index in [2.05, 4.69) is 15.3 Å². The third kappa shape index (κ3) is 6.98. The average Bonchev–Trinajstić information content (AvgIpc) is 2.76. The zero-order valence-electron chi connectivity index (χ0n) is 16.2. The fraction of sp³-hybridized carbons (Fsp3) is 0.261. The molecule has 0 aliphatic rings. The molecule has 6 heteroatoms. The Kier molecular flexibility index (Phi) is 8.19. The first-order valence-electron chi connectivity index (χ1n) is 9.72. The van der Waals surface area contributed by atoms with E-state index in [1.54, 1.807) is 30.2 Å². The lowest BCUT2D eigenvalue weighted by molar-refractivity contribution is 0.0949. The maximum absolute atomic E-state index is 13.0. The van der Waals surface area contributed by atoms with Gasteiger partial charge in [0.15, 0.2) is 0 Å². The molecular formula is C23H24FN3OS. The van der Waals surface area contributed by atoms with Gasteiger partial charge < -0.3 is 5.32 Å². The van der Waals surface area contributed by atoms with Gasteiger partial charge >= 0.3 is 0 Å². The topological polar surface area (TPSA) is 54.9 Å². The summed E-state index contributed by atoms with van der Waals surface area (Å²) in [5.74, 6) is 0.536. The molecule has 0 saturated carbocycles. The number of hydrogen-bond donors (Lipinski definition) is 1. The Morgan fingerprint density at radius 1 is 0.966 bits per heavy atom. The van der Waals surface area contributed by atoms with Crippen molar-refractivity contribution in [1.29, 1.82) is 0 Å². The van der Waals surface area contributed by atoms with Crippen molar-refractivity contribution in [3.8, 4) is 0 Å². The second kappa shape index (κ2) is 11.3. The summed E-state index contributed by atoms with van der Waals surface area (Å²) in [5.41, 5.74) is 2.89. The van der Waals surface area contributed by atoms with Gasteiger partial charge in [-0.3, -0.25) is 9.78 Å². The number of pyridine rings is 2. The molecule has 4 nitrogen and oxygen atoms in total. The van der Waals surface area contributed by atoms with E-state index in [9.17, 15) is 9.18 Å². The molecule has 0 saturated heterocycles. The van der Waals surface area contributed by atoms with Gasteiger partial charge in [0.1, 0.15) is 10.8 Å². The first-order chi connectivity index (χ1) is 14.2. The van der Waals surface area contributed by atoms with Crippen molar-refractivity contribution in [2.45, 2.75) is 30.7 Å². The Bertz CT molecular complexity index is 904. The Morgan fingerprint density at radius 3 is 2.55 bits per heavy atom. The number of amides is 1. The van der Waals surface area contributed by atoms with Crippen LogP contribution in [0.3, 0.4) is 0 Å². The van der Waals surface area contributed by atoms with Gasteiger partial charge in [-0.25, -0.2) is 9.37 Å². The molecule has 29 heavy (non-hydrogen) atoms. The number of aromatic nitrogens is 2. The molecule has 1 N–H and O–H groups in total. The van der Waals surface area contributed by atoms with Crippen molar-refractivity contribution in [2.24, 2.45) is 0 Å². The van der Waals surface area contributed by atoms with Crippen LogP contribution >= 0.6 is 11.8 Å². The number of carbonyl (C=O) groups is 1. The summed E-state index contributed by atoms with van der Waals surface area (Å²) in [6.07, 6.45) is 8.86. The molecule has 0 bridgehead atoms. The standard InChI is InChI=1S/C23H24FN3OS/c24-20-11-9-18(10-12-20)7-4-16-29-23-21(8-3-15-27-23)22(28)26-14-2-6-19-5-1-13-25-17-19/h1,3,5,8-13,15,17H,2,4,6-7,14,16H2,(H,26,28). The van der Waals surface area contributed by atoms with Crippen molar-refractivity contribution in [3.05, 3.63) is 89.6 Å². The van der Waals surface area contributed by atoms with Gasteiger partial charge in [0.05, 0.1) is 5.56 Å². The van der Waals surface area contributed by atoms with Gasteiger partial charge in [0.25, 0.3) is 5.91 Å². The van der Waals surface area contributed by atoms with Crippen molar-refractivity contribution in [3.63, 3.8) is 0 Å². The van der Waals surface area contributed by atoms with Gasteiger partial charge in [0, 0.05) is 25.1 Å². The molecule has 2 heterocycles. The second-order valence-corrected chi connectivity index (χ2v) is 7.74. The van der Waals surface area contributed by atoms with E-state index in [1.165, 1.54) is 17.7 Å². The van der Waals surface area contributed by atoms with Crippen molar-refractivity contribution < 1.29 is 9.18 Å². The van der Waals surface area contributed by atoms with E-state index < -0.39 is 0 Å². The molecule has 0 aliphatic carbocycles. The molecule has 1 amide bonds. The summed E-state index contributed by atoms with van der Waals surface area (Å²) >= 11 is 1.58. The van der Waals surface area contributed by atoms with Gasteiger partial charge in [-0.05, 0) is 72.9 Å². The van der Waals surface area contributed by atoms with E-state index in [0.717, 1.165) is 42.0 Å². The Hall–Kier alpha value is -2.73. The van der Waals surface area contributed by atoms with E-state index in [1.807, 2.05) is 36.5 Å². The summed E-state index contributed by atoms with van der Waals surface area (Å²) in [4.78, 5) is 21.0. The number of halogens is 1. The highest BCUT2D eigenvalue weighted by molar-refractivity contribution is 7.99. The normalized spacial score (nSPS) is 10.7. The highest BCUT2D eigenvalue weighted by Gasteiger charge is 2.12. The van der Waals surface area contributed by atoms with Gasteiger partial charge in [0.2, 0.25) is 0 Å². The highest BCUT2D eigenvalue weighted by atomic mass is 32.2. The minimum Gasteiger partial charge on any atom is -0.352 e.